The summed E-state index contributed by atoms with van der Waals surface area (Å²) in [5.41, 5.74) is 1.71. The van der Waals surface area contributed by atoms with Gasteiger partial charge in [0.15, 0.2) is 0 Å². The molecular weight excluding hydrogens is 385 g/mol. The fourth-order valence-corrected chi connectivity index (χ4v) is 3.03. The van der Waals surface area contributed by atoms with E-state index in [9.17, 15) is 9.18 Å². The standard InChI is InChI=1S/C23H18FN3O3/c1-29-19-10-6-5-9-18(19)21(28)25-20(15-11-13-17(24)14-12-15)23-27-26-22(30-23)16-7-3-2-4-8-16/h2-14,20H,1H3,(H,25,28)/t20-/m0/s1. The molecule has 7 heteroatoms. The van der Waals surface area contributed by atoms with Crippen LogP contribution in [0.2, 0.25) is 0 Å². The zero-order valence-electron chi connectivity index (χ0n) is 16.1. The van der Waals surface area contributed by atoms with Crippen LogP contribution in [0.3, 0.4) is 0 Å². The first kappa shape index (κ1) is 19.3. The summed E-state index contributed by atoms with van der Waals surface area (Å²) in [6.45, 7) is 0. The summed E-state index contributed by atoms with van der Waals surface area (Å²) in [4.78, 5) is 13.0. The lowest BCUT2D eigenvalue weighted by molar-refractivity contribution is 0.0935. The second-order valence-corrected chi connectivity index (χ2v) is 6.47. The molecule has 0 radical (unpaired) electrons. The van der Waals surface area contributed by atoms with Crippen molar-refractivity contribution in [1.29, 1.82) is 0 Å². The van der Waals surface area contributed by atoms with E-state index in [0.29, 0.717) is 22.8 Å². The summed E-state index contributed by atoms with van der Waals surface area (Å²) in [5.74, 6) is 0.168. The third-order valence-corrected chi connectivity index (χ3v) is 4.54. The van der Waals surface area contributed by atoms with E-state index in [1.807, 2.05) is 30.3 Å². The van der Waals surface area contributed by atoms with Crippen LogP contribution in [0.15, 0.2) is 83.3 Å². The van der Waals surface area contributed by atoms with E-state index in [2.05, 4.69) is 15.5 Å². The van der Waals surface area contributed by atoms with Gasteiger partial charge < -0.3 is 14.5 Å². The van der Waals surface area contributed by atoms with E-state index in [-0.39, 0.29) is 17.6 Å². The van der Waals surface area contributed by atoms with Gasteiger partial charge in [-0.05, 0) is 42.0 Å². The zero-order valence-corrected chi connectivity index (χ0v) is 16.1. The average Bonchev–Trinajstić information content (AvgIpc) is 3.28. The van der Waals surface area contributed by atoms with E-state index >= 15 is 0 Å². The van der Waals surface area contributed by atoms with Crippen molar-refractivity contribution in [3.8, 4) is 17.2 Å². The monoisotopic (exact) mass is 403 g/mol. The molecule has 0 unspecified atom stereocenters. The first-order valence-electron chi connectivity index (χ1n) is 9.24. The van der Waals surface area contributed by atoms with Gasteiger partial charge in [0.25, 0.3) is 5.91 Å². The SMILES string of the molecule is COc1ccccc1C(=O)N[C@@H](c1ccc(F)cc1)c1nnc(-c2ccccc2)o1. The highest BCUT2D eigenvalue weighted by atomic mass is 19.1. The molecule has 4 rings (SSSR count). The van der Waals surface area contributed by atoms with Crippen LogP contribution in [-0.2, 0) is 0 Å². The van der Waals surface area contributed by atoms with Gasteiger partial charge in [-0.3, -0.25) is 4.79 Å². The number of halogens is 1. The first-order chi connectivity index (χ1) is 14.7. The topological polar surface area (TPSA) is 77.2 Å². The number of aromatic nitrogens is 2. The smallest absolute Gasteiger partial charge is 0.255 e. The fraction of sp³-hybridized carbons (Fsp3) is 0.0870. The number of hydrogen-bond acceptors (Lipinski definition) is 5. The van der Waals surface area contributed by atoms with Crippen molar-refractivity contribution in [2.45, 2.75) is 6.04 Å². The molecule has 0 aliphatic carbocycles. The Morgan fingerprint density at radius 3 is 2.40 bits per heavy atom. The number of carbonyl (C=O) groups excluding carboxylic acids is 1. The van der Waals surface area contributed by atoms with E-state index in [4.69, 9.17) is 9.15 Å². The largest absolute Gasteiger partial charge is 0.496 e. The van der Waals surface area contributed by atoms with Crippen molar-refractivity contribution >= 4 is 5.91 Å². The van der Waals surface area contributed by atoms with Gasteiger partial charge in [0, 0.05) is 5.56 Å². The van der Waals surface area contributed by atoms with Crippen LogP contribution < -0.4 is 10.1 Å². The molecule has 30 heavy (non-hydrogen) atoms. The van der Waals surface area contributed by atoms with Crippen LogP contribution >= 0.6 is 0 Å². The fourth-order valence-electron chi connectivity index (χ4n) is 3.03. The molecule has 6 nitrogen and oxygen atoms in total. The second-order valence-electron chi connectivity index (χ2n) is 6.47. The Balaban J connectivity index is 1.70. The van der Waals surface area contributed by atoms with Gasteiger partial charge in [-0.15, -0.1) is 10.2 Å². The molecule has 0 spiro atoms. The van der Waals surface area contributed by atoms with Gasteiger partial charge in [-0.2, -0.15) is 0 Å². The number of benzene rings is 3. The summed E-state index contributed by atoms with van der Waals surface area (Å²) < 4.78 is 24.6. The Kier molecular flexibility index (Phi) is 5.52. The number of rotatable bonds is 6. The van der Waals surface area contributed by atoms with Crippen molar-refractivity contribution < 1.29 is 18.3 Å². The predicted octanol–water partition coefficient (Wildman–Crippen LogP) is 4.40. The molecule has 0 saturated carbocycles. The van der Waals surface area contributed by atoms with Crippen molar-refractivity contribution in [3.63, 3.8) is 0 Å². The van der Waals surface area contributed by atoms with Gasteiger partial charge in [-0.1, -0.05) is 42.5 Å². The molecule has 1 atom stereocenters. The Hall–Kier alpha value is -4.00. The summed E-state index contributed by atoms with van der Waals surface area (Å²) in [7, 11) is 1.49. The molecule has 3 aromatic carbocycles. The maximum absolute atomic E-state index is 13.4. The summed E-state index contributed by atoms with van der Waals surface area (Å²) in [5, 5.41) is 11.1. The third kappa shape index (κ3) is 4.05. The molecule has 0 aliphatic rings. The Labute approximate surface area is 172 Å². The Morgan fingerprint density at radius 2 is 1.67 bits per heavy atom. The highest BCUT2D eigenvalue weighted by Crippen LogP contribution is 2.26. The van der Waals surface area contributed by atoms with Crippen molar-refractivity contribution in [2.75, 3.05) is 7.11 Å². The molecule has 0 bridgehead atoms. The molecule has 1 amide bonds. The molecule has 1 aromatic heterocycles. The number of para-hydroxylation sites is 1. The number of nitrogens with one attached hydrogen (secondary N) is 1. The van der Waals surface area contributed by atoms with Crippen LogP contribution in [-0.4, -0.2) is 23.2 Å². The summed E-state index contributed by atoms with van der Waals surface area (Å²) in [6.07, 6.45) is 0. The van der Waals surface area contributed by atoms with E-state index in [0.717, 1.165) is 5.56 Å². The number of amides is 1. The minimum atomic E-state index is -0.770. The number of nitrogens with zero attached hydrogens (tertiary/aromatic N) is 2. The normalized spacial score (nSPS) is 11.7. The highest BCUT2D eigenvalue weighted by molar-refractivity contribution is 5.97. The number of carbonyl (C=O) groups is 1. The number of hydrogen-bond donors (Lipinski definition) is 1. The molecule has 1 N–H and O–H groups in total. The van der Waals surface area contributed by atoms with Gasteiger partial charge in [0.1, 0.15) is 17.6 Å². The van der Waals surface area contributed by atoms with Gasteiger partial charge >= 0.3 is 0 Å². The van der Waals surface area contributed by atoms with E-state index in [1.165, 1.54) is 19.2 Å². The summed E-state index contributed by atoms with van der Waals surface area (Å²) >= 11 is 0. The molecule has 0 fully saturated rings. The zero-order chi connectivity index (χ0) is 20.9. The maximum Gasteiger partial charge on any atom is 0.255 e. The Bertz CT molecular complexity index is 1140. The lowest BCUT2D eigenvalue weighted by Gasteiger charge is -2.17. The lowest BCUT2D eigenvalue weighted by atomic mass is 10.1. The van der Waals surface area contributed by atoms with Crippen molar-refractivity contribution in [2.24, 2.45) is 0 Å². The number of methoxy groups -OCH3 is 1. The van der Waals surface area contributed by atoms with Crippen LogP contribution in [0.1, 0.15) is 27.9 Å². The van der Waals surface area contributed by atoms with Gasteiger partial charge in [0.05, 0.1) is 12.7 Å². The quantitative estimate of drug-likeness (QED) is 0.516. The lowest BCUT2D eigenvalue weighted by Crippen LogP contribution is -2.30. The minimum Gasteiger partial charge on any atom is -0.496 e. The van der Waals surface area contributed by atoms with Crippen molar-refractivity contribution in [3.05, 3.63) is 102 Å². The van der Waals surface area contributed by atoms with Gasteiger partial charge in [-0.25, -0.2) is 4.39 Å². The third-order valence-electron chi connectivity index (χ3n) is 4.54. The molecule has 150 valence electrons. The molecule has 0 saturated heterocycles. The van der Waals surface area contributed by atoms with Crippen molar-refractivity contribution in [1.82, 2.24) is 15.5 Å². The van der Waals surface area contributed by atoms with E-state index < -0.39 is 6.04 Å². The molecular formula is C23H18FN3O3. The Morgan fingerprint density at radius 1 is 0.967 bits per heavy atom. The molecule has 0 aliphatic heterocycles. The second kappa shape index (κ2) is 8.57. The van der Waals surface area contributed by atoms with Crippen LogP contribution in [0.25, 0.3) is 11.5 Å². The van der Waals surface area contributed by atoms with Crippen LogP contribution in [0, 0.1) is 5.82 Å². The molecule has 4 aromatic rings. The van der Waals surface area contributed by atoms with Gasteiger partial charge in [0.2, 0.25) is 11.8 Å². The predicted molar refractivity (Wildman–Crippen MR) is 108 cm³/mol. The number of ether oxygens (including phenoxy) is 1. The first-order valence-corrected chi connectivity index (χ1v) is 9.24. The molecule has 1 heterocycles. The van der Waals surface area contributed by atoms with E-state index in [1.54, 1.807) is 36.4 Å². The van der Waals surface area contributed by atoms with Crippen LogP contribution in [0.5, 0.6) is 5.75 Å². The van der Waals surface area contributed by atoms with Crippen LogP contribution in [0.4, 0.5) is 4.39 Å². The summed E-state index contributed by atoms with van der Waals surface area (Å²) in [6, 6.07) is 21.1. The maximum atomic E-state index is 13.4. The minimum absolute atomic E-state index is 0.184. The highest BCUT2D eigenvalue weighted by Gasteiger charge is 2.25. The average molecular weight is 403 g/mol.